The lowest BCUT2D eigenvalue weighted by molar-refractivity contribution is -0.141. The number of hydrogen-bond donors (Lipinski definition) is 2. The molecule has 1 aromatic carbocycles. The molecule has 162 valence electrons. The minimum Gasteiger partial charge on any atom is -0.362 e. The van der Waals surface area contributed by atoms with Crippen molar-refractivity contribution >= 4 is 11.7 Å². The highest BCUT2D eigenvalue weighted by molar-refractivity contribution is 5.98. The number of carbonyl (C=O) groups is 1. The minimum absolute atomic E-state index is 0.220. The summed E-state index contributed by atoms with van der Waals surface area (Å²) in [5.74, 6) is -0.0656. The number of para-hydroxylation sites is 1. The van der Waals surface area contributed by atoms with Crippen molar-refractivity contribution in [3.8, 4) is 5.69 Å². The molecular formula is C20H20F3N7O. The summed E-state index contributed by atoms with van der Waals surface area (Å²) in [4.78, 5) is 21.7. The van der Waals surface area contributed by atoms with E-state index in [9.17, 15) is 18.0 Å². The number of hydrogen-bond acceptors (Lipinski definition) is 6. The van der Waals surface area contributed by atoms with Crippen molar-refractivity contribution in [3.05, 3.63) is 60.3 Å². The van der Waals surface area contributed by atoms with Crippen molar-refractivity contribution in [1.29, 1.82) is 0 Å². The van der Waals surface area contributed by atoms with E-state index >= 15 is 0 Å². The Kier molecular flexibility index (Phi) is 5.34. The minimum atomic E-state index is -4.55. The number of nitrogens with one attached hydrogen (secondary N) is 2. The smallest absolute Gasteiger partial charge is 0.362 e. The maximum Gasteiger partial charge on any atom is 0.434 e. The molecule has 2 aromatic heterocycles. The summed E-state index contributed by atoms with van der Waals surface area (Å²) >= 11 is 0. The maximum absolute atomic E-state index is 13.1. The molecule has 0 bridgehead atoms. The van der Waals surface area contributed by atoms with Gasteiger partial charge in [0.05, 0.1) is 47.6 Å². The number of anilines is 1. The number of benzene rings is 1. The second-order valence-corrected chi connectivity index (χ2v) is 7.58. The highest BCUT2D eigenvalue weighted by Gasteiger charge is 2.40. The monoisotopic (exact) mass is 431 g/mol. The number of nitrogens with zero attached hydrogens (tertiary/aromatic N) is 5. The van der Waals surface area contributed by atoms with E-state index in [-0.39, 0.29) is 17.8 Å². The molecule has 31 heavy (non-hydrogen) atoms. The van der Waals surface area contributed by atoms with E-state index in [1.54, 1.807) is 24.3 Å². The summed E-state index contributed by atoms with van der Waals surface area (Å²) in [6.45, 7) is 1.91. The zero-order chi connectivity index (χ0) is 22.1. The largest absolute Gasteiger partial charge is 0.434 e. The fraction of sp³-hybridized carbons (Fsp3) is 0.350. The van der Waals surface area contributed by atoms with E-state index < -0.39 is 17.4 Å². The molecule has 0 unspecified atom stereocenters. The molecule has 1 aliphatic carbocycles. The van der Waals surface area contributed by atoms with Crippen LogP contribution in [-0.4, -0.2) is 42.4 Å². The summed E-state index contributed by atoms with van der Waals surface area (Å²) in [6.07, 6.45) is 2.52. The Hall–Kier alpha value is -3.50. The van der Waals surface area contributed by atoms with Gasteiger partial charge in [0.25, 0.3) is 5.91 Å². The van der Waals surface area contributed by atoms with Crippen molar-refractivity contribution in [3.63, 3.8) is 0 Å². The van der Waals surface area contributed by atoms with Crippen molar-refractivity contribution in [2.75, 3.05) is 5.32 Å². The van der Waals surface area contributed by atoms with Gasteiger partial charge in [-0.2, -0.15) is 28.2 Å². The van der Waals surface area contributed by atoms with E-state index in [1.807, 2.05) is 6.92 Å². The van der Waals surface area contributed by atoms with Crippen LogP contribution in [0.2, 0.25) is 0 Å². The van der Waals surface area contributed by atoms with Gasteiger partial charge in [0, 0.05) is 0 Å². The summed E-state index contributed by atoms with van der Waals surface area (Å²) in [5, 5.41) is 14.4. The van der Waals surface area contributed by atoms with E-state index in [4.69, 9.17) is 0 Å². The Bertz CT molecular complexity index is 1050. The molecule has 0 saturated heterocycles. The summed E-state index contributed by atoms with van der Waals surface area (Å²) in [7, 11) is 0. The molecule has 2 N–H and O–H groups in total. The van der Waals surface area contributed by atoms with Crippen LogP contribution in [0.25, 0.3) is 5.69 Å². The second-order valence-electron chi connectivity index (χ2n) is 7.58. The molecule has 0 radical (unpaired) electrons. The Morgan fingerprint density at radius 3 is 2.58 bits per heavy atom. The lowest BCUT2D eigenvalue weighted by atomic mass is 9.95. The van der Waals surface area contributed by atoms with Gasteiger partial charge in [-0.25, -0.2) is 9.97 Å². The van der Waals surface area contributed by atoms with Crippen LogP contribution >= 0.6 is 0 Å². The average molecular weight is 431 g/mol. The number of amides is 1. The molecular weight excluding hydrogens is 411 g/mol. The fourth-order valence-electron chi connectivity index (χ4n) is 3.80. The highest BCUT2D eigenvalue weighted by Crippen LogP contribution is 2.34. The third-order valence-electron chi connectivity index (χ3n) is 5.40. The number of halogens is 3. The van der Waals surface area contributed by atoms with E-state index in [0.29, 0.717) is 30.3 Å². The zero-order valence-electron chi connectivity index (χ0n) is 16.6. The van der Waals surface area contributed by atoms with Crippen LogP contribution in [0, 0.1) is 0 Å². The van der Waals surface area contributed by atoms with Gasteiger partial charge in [-0.3, -0.25) is 4.79 Å². The quantitative estimate of drug-likeness (QED) is 0.644. The van der Waals surface area contributed by atoms with Gasteiger partial charge in [0.15, 0.2) is 5.69 Å². The fourth-order valence-corrected chi connectivity index (χ4v) is 3.80. The lowest BCUT2D eigenvalue weighted by Crippen LogP contribution is -2.52. The van der Waals surface area contributed by atoms with Gasteiger partial charge in [0.1, 0.15) is 5.82 Å². The van der Waals surface area contributed by atoms with Crippen molar-refractivity contribution in [2.45, 2.75) is 43.9 Å². The first-order valence-electron chi connectivity index (χ1n) is 9.70. The molecule has 3 aromatic rings. The standard InChI is InChI=1S/C20H20F3N7O/c1-19(29-17-12-24-16(11-25-17)20(21,22)23)8-4-7-15(19)28-18(31)13-5-2-3-6-14(13)30-26-9-10-27-30/h2-3,5-6,9-12,15H,4,7-8H2,1H3,(H,25,29)(H,28,31)/t15-,19+/m1/s1. The Morgan fingerprint density at radius 1 is 1.16 bits per heavy atom. The van der Waals surface area contributed by atoms with Gasteiger partial charge >= 0.3 is 6.18 Å². The third-order valence-corrected chi connectivity index (χ3v) is 5.40. The van der Waals surface area contributed by atoms with Gasteiger partial charge in [-0.05, 0) is 38.3 Å². The molecule has 1 fully saturated rings. The molecule has 11 heteroatoms. The van der Waals surface area contributed by atoms with E-state index in [1.165, 1.54) is 17.2 Å². The van der Waals surface area contributed by atoms with Crippen LogP contribution in [0.3, 0.4) is 0 Å². The van der Waals surface area contributed by atoms with Crippen molar-refractivity contribution in [2.24, 2.45) is 0 Å². The lowest BCUT2D eigenvalue weighted by Gasteiger charge is -2.34. The normalized spacial score (nSPS) is 21.1. The first kappa shape index (κ1) is 20.8. The van der Waals surface area contributed by atoms with Crippen molar-refractivity contribution < 1.29 is 18.0 Å². The maximum atomic E-state index is 13.1. The van der Waals surface area contributed by atoms with Crippen LogP contribution < -0.4 is 10.6 Å². The number of rotatable bonds is 5. The highest BCUT2D eigenvalue weighted by atomic mass is 19.4. The average Bonchev–Trinajstić information content (AvgIpc) is 3.38. The van der Waals surface area contributed by atoms with E-state index in [2.05, 4.69) is 30.8 Å². The van der Waals surface area contributed by atoms with Crippen LogP contribution in [0.15, 0.2) is 49.1 Å². The summed E-state index contributed by atoms with van der Waals surface area (Å²) in [5.41, 5.74) is -0.681. The van der Waals surface area contributed by atoms with Gasteiger partial charge in [-0.1, -0.05) is 12.1 Å². The molecule has 8 nitrogen and oxygen atoms in total. The molecule has 0 aliphatic heterocycles. The van der Waals surface area contributed by atoms with Crippen LogP contribution in [0.5, 0.6) is 0 Å². The Balaban J connectivity index is 1.51. The molecule has 2 atom stereocenters. The van der Waals surface area contributed by atoms with Crippen molar-refractivity contribution in [1.82, 2.24) is 30.3 Å². The molecule has 4 rings (SSSR count). The van der Waals surface area contributed by atoms with Gasteiger partial charge in [0.2, 0.25) is 0 Å². The van der Waals surface area contributed by atoms with Gasteiger partial charge < -0.3 is 10.6 Å². The molecule has 0 spiro atoms. The third kappa shape index (κ3) is 4.35. The first-order chi connectivity index (χ1) is 14.8. The number of aromatic nitrogens is 5. The zero-order valence-corrected chi connectivity index (χ0v) is 16.6. The predicted molar refractivity (Wildman–Crippen MR) is 106 cm³/mol. The Labute approximate surface area is 175 Å². The summed E-state index contributed by atoms with van der Waals surface area (Å²) in [6, 6.07) is 6.72. The Morgan fingerprint density at radius 2 is 1.90 bits per heavy atom. The van der Waals surface area contributed by atoms with Crippen LogP contribution in [-0.2, 0) is 6.18 Å². The second kappa shape index (κ2) is 7.97. The summed E-state index contributed by atoms with van der Waals surface area (Å²) < 4.78 is 38.2. The molecule has 1 saturated carbocycles. The van der Waals surface area contributed by atoms with Gasteiger partial charge in [-0.15, -0.1) is 0 Å². The van der Waals surface area contributed by atoms with Crippen LogP contribution in [0.4, 0.5) is 19.0 Å². The topological polar surface area (TPSA) is 97.6 Å². The number of alkyl halides is 3. The predicted octanol–water partition coefficient (Wildman–Crippen LogP) is 3.23. The van der Waals surface area contributed by atoms with Crippen LogP contribution in [0.1, 0.15) is 42.2 Å². The first-order valence-corrected chi connectivity index (χ1v) is 9.70. The molecule has 1 aliphatic rings. The van der Waals surface area contributed by atoms with E-state index in [0.717, 1.165) is 12.6 Å². The number of carbonyl (C=O) groups excluding carboxylic acids is 1. The SMILES string of the molecule is C[C@]1(Nc2cnc(C(F)(F)F)cn2)CCC[C@H]1NC(=O)c1ccccc1-n1nccn1. The molecule has 2 heterocycles. The molecule has 1 amide bonds.